The number of Topliss-reactive ketones (excluding diaryl/α,β-unsaturated/α-hetero) is 1. The molecule has 186 valence electrons. The Morgan fingerprint density at radius 1 is 1.26 bits per heavy atom. The second-order valence-electron chi connectivity index (χ2n) is 8.88. The lowest BCUT2D eigenvalue weighted by Gasteiger charge is -2.42. The number of anilines is 1. The van der Waals surface area contributed by atoms with Crippen LogP contribution in [0.1, 0.15) is 59.7 Å². The summed E-state index contributed by atoms with van der Waals surface area (Å²) in [5, 5.41) is 14.5. The standard InChI is InChI=1S/C24H24F4N4O3/c1-3-35-22(30-14-6-7-15(25)16(26)9-14)19-13(2)18(17-5-4-8-32(17)19)20(33)21(34)31-23(12-29)10-24(27,28)11-23/h6-7,9,22,30H,3-5,8,10-11H2,1-2H3,(H,31,34). The van der Waals surface area contributed by atoms with Crippen LogP contribution in [0.15, 0.2) is 18.2 Å². The van der Waals surface area contributed by atoms with E-state index in [9.17, 15) is 32.4 Å². The topological polar surface area (TPSA) is 96.2 Å². The van der Waals surface area contributed by atoms with Crippen LogP contribution in [-0.4, -0.2) is 34.3 Å². The third-order valence-electron chi connectivity index (χ3n) is 6.38. The zero-order chi connectivity index (χ0) is 25.5. The average molecular weight is 492 g/mol. The fraction of sp³-hybridized carbons (Fsp3) is 0.458. The molecule has 1 unspecified atom stereocenters. The van der Waals surface area contributed by atoms with E-state index in [0.29, 0.717) is 36.3 Å². The molecule has 0 saturated heterocycles. The molecule has 0 bridgehead atoms. The van der Waals surface area contributed by atoms with Crippen LogP contribution in [0.5, 0.6) is 0 Å². The number of amides is 1. The Bertz CT molecular complexity index is 1230. The molecule has 4 rings (SSSR count). The van der Waals surface area contributed by atoms with Crippen molar-refractivity contribution in [3.63, 3.8) is 0 Å². The molecule has 2 heterocycles. The van der Waals surface area contributed by atoms with Crippen molar-refractivity contribution in [2.75, 3.05) is 11.9 Å². The minimum Gasteiger partial charge on any atom is -0.355 e. The van der Waals surface area contributed by atoms with Gasteiger partial charge >= 0.3 is 0 Å². The van der Waals surface area contributed by atoms with Crippen molar-refractivity contribution in [1.29, 1.82) is 5.26 Å². The smallest absolute Gasteiger partial charge is 0.293 e. The highest BCUT2D eigenvalue weighted by Crippen LogP contribution is 2.45. The monoisotopic (exact) mass is 492 g/mol. The molecule has 0 radical (unpaired) electrons. The quantitative estimate of drug-likeness (QED) is 0.250. The molecule has 11 heteroatoms. The Hall–Kier alpha value is -3.39. The highest BCUT2D eigenvalue weighted by Gasteiger charge is 2.58. The lowest BCUT2D eigenvalue weighted by molar-refractivity contribution is -0.134. The Balaban J connectivity index is 1.66. The van der Waals surface area contributed by atoms with E-state index in [4.69, 9.17) is 4.74 Å². The van der Waals surface area contributed by atoms with Gasteiger partial charge in [-0.1, -0.05) is 0 Å². The molecule has 1 atom stereocenters. The minimum absolute atomic E-state index is 0.131. The summed E-state index contributed by atoms with van der Waals surface area (Å²) < 4.78 is 61.5. The van der Waals surface area contributed by atoms with E-state index in [1.54, 1.807) is 19.9 Å². The third kappa shape index (κ3) is 4.50. The summed E-state index contributed by atoms with van der Waals surface area (Å²) in [5.41, 5.74) is 0.190. The number of nitrogens with zero attached hydrogens (tertiary/aromatic N) is 2. The number of nitrogens with one attached hydrogen (secondary N) is 2. The van der Waals surface area contributed by atoms with Gasteiger partial charge in [-0.05, 0) is 44.4 Å². The molecule has 2 aromatic rings. The average Bonchev–Trinajstić information content (AvgIpc) is 3.33. The van der Waals surface area contributed by atoms with Crippen LogP contribution in [0.3, 0.4) is 0 Å². The minimum atomic E-state index is -3.07. The van der Waals surface area contributed by atoms with Gasteiger partial charge in [0, 0.05) is 43.4 Å². The summed E-state index contributed by atoms with van der Waals surface area (Å²) in [4.78, 5) is 25.9. The number of nitriles is 1. The number of aromatic nitrogens is 1. The molecule has 1 aromatic carbocycles. The van der Waals surface area contributed by atoms with E-state index < -0.39 is 53.9 Å². The highest BCUT2D eigenvalue weighted by atomic mass is 19.3. The van der Waals surface area contributed by atoms with Gasteiger partial charge in [0.2, 0.25) is 0 Å². The molecule has 1 fully saturated rings. The molecular weight excluding hydrogens is 468 g/mol. The van der Waals surface area contributed by atoms with Crippen molar-refractivity contribution in [2.24, 2.45) is 0 Å². The number of rotatable bonds is 8. The molecular formula is C24H24F4N4O3. The zero-order valence-electron chi connectivity index (χ0n) is 19.2. The summed E-state index contributed by atoms with van der Waals surface area (Å²) in [6.45, 7) is 4.18. The van der Waals surface area contributed by atoms with Crippen molar-refractivity contribution in [1.82, 2.24) is 9.88 Å². The second kappa shape index (κ2) is 9.00. The van der Waals surface area contributed by atoms with E-state index in [2.05, 4.69) is 10.6 Å². The lowest BCUT2D eigenvalue weighted by atomic mass is 9.74. The van der Waals surface area contributed by atoms with Crippen molar-refractivity contribution in [2.45, 2.75) is 63.8 Å². The van der Waals surface area contributed by atoms with E-state index in [0.717, 1.165) is 12.1 Å². The predicted molar refractivity (Wildman–Crippen MR) is 117 cm³/mol. The van der Waals surface area contributed by atoms with Crippen LogP contribution in [0, 0.1) is 29.9 Å². The van der Waals surface area contributed by atoms with Gasteiger partial charge in [0.25, 0.3) is 17.6 Å². The Morgan fingerprint density at radius 3 is 2.57 bits per heavy atom. The highest BCUT2D eigenvalue weighted by molar-refractivity contribution is 6.43. The predicted octanol–water partition coefficient (Wildman–Crippen LogP) is 4.16. The van der Waals surface area contributed by atoms with Crippen molar-refractivity contribution in [3.05, 3.63) is 52.3 Å². The largest absolute Gasteiger partial charge is 0.355 e. The number of benzene rings is 1. The number of ketones is 1. The van der Waals surface area contributed by atoms with Gasteiger partial charge in [-0.15, -0.1) is 0 Å². The fourth-order valence-corrected chi connectivity index (χ4v) is 4.89. The van der Waals surface area contributed by atoms with Crippen molar-refractivity contribution < 1.29 is 31.9 Å². The fourth-order valence-electron chi connectivity index (χ4n) is 4.89. The molecule has 35 heavy (non-hydrogen) atoms. The molecule has 1 aromatic heterocycles. The van der Waals surface area contributed by atoms with Crippen LogP contribution in [0.2, 0.25) is 0 Å². The lowest BCUT2D eigenvalue weighted by Crippen LogP contribution is -2.62. The second-order valence-corrected chi connectivity index (χ2v) is 8.88. The summed E-state index contributed by atoms with van der Waals surface area (Å²) in [5.74, 6) is -7.15. The number of halogens is 4. The van der Waals surface area contributed by atoms with Crippen LogP contribution >= 0.6 is 0 Å². The van der Waals surface area contributed by atoms with E-state index in [1.165, 1.54) is 6.07 Å². The maximum atomic E-state index is 13.7. The zero-order valence-corrected chi connectivity index (χ0v) is 19.2. The van der Waals surface area contributed by atoms with Crippen LogP contribution < -0.4 is 10.6 Å². The summed E-state index contributed by atoms with van der Waals surface area (Å²) in [7, 11) is 0. The number of carbonyl (C=O) groups is 2. The van der Waals surface area contributed by atoms with Crippen LogP contribution in [0.4, 0.5) is 23.2 Å². The number of hydrogen-bond acceptors (Lipinski definition) is 5. The van der Waals surface area contributed by atoms with Crippen LogP contribution in [-0.2, 0) is 22.5 Å². The molecule has 7 nitrogen and oxygen atoms in total. The van der Waals surface area contributed by atoms with Gasteiger partial charge in [-0.3, -0.25) is 9.59 Å². The number of hydrogen-bond donors (Lipinski definition) is 2. The maximum absolute atomic E-state index is 13.7. The van der Waals surface area contributed by atoms with E-state index in [-0.39, 0.29) is 17.9 Å². The maximum Gasteiger partial charge on any atom is 0.293 e. The molecule has 1 aliphatic carbocycles. The summed E-state index contributed by atoms with van der Waals surface area (Å²) in [6, 6.07) is 5.01. The van der Waals surface area contributed by atoms with E-state index >= 15 is 0 Å². The summed E-state index contributed by atoms with van der Waals surface area (Å²) >= 11 is 0. The van der Waals surface area contributed by atoms with Gasteiger partial charge in [0.15, 0.2) is 17.9 Å². The summed E-state index contributed by atoms with van der Waals surface area (Å²) in [6.07, 6.45) is -1.35. The van der Waals surface area contributed by atoms with Gasteiger partial charge in [-0.2, -0.15) is 5.26 Å². The normalized spacial score (nSPS) is 18.2. The first kappa shape index (κ1) is 24.7. The molecule has 2 aliphatic rings. The molecule has 1 saturated carbocycles. The van der Waals surface area contributed by atoms with Gasteiger partial charge < -0.3 is 19.9 Å². The molecule has 1 aliphatic heterocycles. The first-order chi connectivity index (χ1) is 16.5. The molecule has 2 N–H and O–H groups in total. The number of carbonyl (C=O) groups excluding carboxylic acids is 2. The first-order valence-electron chi connectivity index (χ1n) is 11.2. The van der Waals surface area contributed by atoms with Gasteiger partial charge in [-0.25, -0.2) is 17.6 Å². The SMILES string of the molecule is CCOC(Nc1ccc(F)c(F)c1)c1c(C)c(C(=O)C(=O)NC2(C#N)CC(F)(F)C2)c2n1CCC2. The van der Waals surface area contributed by atoms with Gasteiger partial charge in [0.1, 0.15) is 5.54 Å². The van der Waals surface area contributed by atoms with Crippen LogP contribution in [0.25, 0.3) is 0 Å². The first-order valence-corrected chi connectivity index (χ1v) is 11.2. The Morgan fingerprint density at radius 2 is 1.97 bits per heavy atom. The number of alkyl halides is 2. The van der Waals surface area contributed by atoms with Crippen molar-refractivity contribution in [3.8, 4) is 6.07 Å². The van der Waals surface area contributed by atoms with Gasteiger partial charge in [0.05, 0.1) is 17.3 Å². The molecule has 0 spiro atoms. The Labute approximate surface area is 199 Å². The molecule has 1 amide bonds. The third-order valence-corrected chi connectivity index (χ3v) is 6.38. The van der Waals surface area contributed by atoms with E-state index in [1.807, 2.05) is 4.57 Å². The number of fused-ring (bicyclic) bond motifs is 1. The van der Waals surface area contributed by atoms with Crippen molar-refractivity contribution >= 4 is 17.4 Å². The Kier molecular flexibility index (Phi) is 6.36. The number of ether oxygens (including phenoxy) is 1.